The summed E-state index contributed by atoms with van der Waals surface area (Å²) in [7, 11) is 0. The molecule has 0 aliphatic heterocycles. The fourth-order valence-electron chi connectivity index (χ4n) is 3.73. The van der Waals surface area contributed by atoms with Crippen molar-refractivity contribution in [1.82, 2.24) is 9.97 Å². The highest BCUT2D eigenvalue weighted by Crippen LogP contribution is 2.39. The van der Waals surface area contributed by atoms with Crippen LogP contribution in [-0.4, -0.2) is 21.0 Å². The van der Waals surface area contributed by atoms with Gasteiger partial charge >= 0.3 is 5.97 Å². The van der Waals surface area contributed by atoms with Crippen molar-refractivity contribution in [2.24, 2.45) is 0 Å². The number of aryl methyl sites for hydroxylation is 2. The maximum Gasteiger partial charge on any atom is 0.354 e. The SMILES string of the molecule is Cc1cc2nc(C(=O)O)cc(-c3ccccc3Cl)c2c(C)c1-c1ccncc1. The van der Waals surface area contributed by atoms with Crippen LogP contribution >= 0.6 is 11.6 Å². The van der Waals surface area contributed by atoms with E-state index < -0.39 is 5.97 Å². The van der Waals surface area contributed by atoms with E-state index in [9.17, 15) is 9.90 Å². The third kappa shape index (κ3) is 3.02. The highest BCUT2D eigenvalue weighted by atomic mass is 35.5. The van der Waals surface area contributed by atoms with E-state index in [0.29, 0.717) is 10.5 Å². The minimum Gasteiger partial charge on any atom is -0.477 e. The fraction of sp³-hybridized carbons (Fsp3) is 0.0870. The van der Waals surface area contributed by atoms with Gasteiger partial charge in [0.25, 0.3) is 0 Å². The van der Waals surface area contributed by atoms with E-state index in [2.05, 4.69) is 9.97 Å². The molecule has 0 aliphatic carbocycles. The van der Waals surface area contributed by atoms with E-state index in [0.717, 1.165) is 38.8 Å². The third-order valence-electron chi connectivity index (χ3n) is 4.90. The zero-order chi connectivity index (χ0) is 19.8. The summed E-state index contributed by atoms with van der Waals surface area (Å²) in [5.74, 6) is -1.07. The van der Waals surface area contributed by atoms with Crippen LogP contribution < -0.4 is 0 Å². The van der Waals surface area contributed by atoms with Crippen LogP contribution in [0.2, 0.25) is 5.02 Å². The van der Waals surface area contributed by atoms with Crippen LogP contribution in [-0.2, 0) is 0 Å². The molecule has 0 spiro atoms. The molecule has 0 radical (unpaired) electrons. The van der Waals surface area contributed by atoms with Crippen molar-refractivity contribution in [3.8, 4) is 22.3 Å². The Hall–Kier alpha value is -3.24. The number of nitrogens with zero attached hydrogens (tertiary/aromatic N) is 2. The monoisotopic (exact) mass is 388 g/mol. The molecule has 0 saturated carbocycles. The normalized spacial score (nSPS) is 11.0. The van der Waals surface area contributed by atoms with E-state index in [1.807, 2.05) is 50.2 Å². The average molecular weight is 389 g/mol. The predicted molar refractivity (Wildman–Crippen MR) is 112 cm³/mol. The Morgan fingerprint density at radius 2 is 1.71 bits per heavy atom. The molecule has 138 valence electrons. The summed E-state index contributed by atoms with van der Waals surface area (Å²) in [4.78, 5) is 20.2. The molecule has 4 aromatic rings. The van der Waals surface area contributed by atoms with Gasteiger partial charge < -0.3 is 5.11 Å². The Kier molecular flexibility index (Phi) is 4.57. The van der Waals surface area contributed by atoms with Gasteiger partial charge in [-0.05, 0) is 72.0 Å². The molecule has 0 aliphatic rings. The summed E-state index contributed by atoms with van der Waals surface area (Å²) >= 11 is 6.46. The lowest BCUT2D eigenvalue weighted by atomic mass is 9.89. The van der Waals surface area contributed by atoms with E-state index in [4.69, 9.17) is 11.6 Å². The molecule has 28 heavy (non-hydrogen) atoms. The van der Waals surface area contributed by atoms with Crippen LogP contribution in [0.15, 0.2) is 60.9 Å². The Labute approximate surface area is 167 Å². The Balaban J connectivity index is 2.15. The third-order valence-corrected chi connectivity index (χ3v) is 5.23. The van der Waals surface area contributed by atoms with Gasteiger partial charge in [0.05, 0.1) is 5.52 Å². The number of hydrogen-bond donors (Lipinski definition) is 1. The number of pyridine rings is 2. The molecule has 0 fully saturated rings. The molecule has 5 heteroatoms. The Morgan fingerprint density at radius 1 is 1.00 bits per heavy atom. The zero-order valence-electron chi connectivity index (χ0n) is 15.4. The second-order valence-electron chi connectivity index (χ2n) is 6.66. The van der Waals surface area contributed by atoms with Gasteiger partial charge in [0.1, 0.15) is 5.69 Å². The summed E-state index contributed by atoms with van der Waals surface area (Å²) in [6.07, 6.45) is 3.53. The molecular formula is C23H17ClN2O2. The second-order valence-corrected chi connectivity index (χ2v) is 7.07. The standard InChI is InChI=1S/C23H17ClN2O2/c1-13-11-19-22(14(2)21(13)15-7-9-25-10-8-15)17(12-20(26-19)23(27)28)16-5-3-4-6-18(16)24/h3-12H,1-2H3,(H,27,28). The number of carboxylic acid groups (broad SMARTS) is 1. The lowest BCUT2D eigenvalue weighted by Gasteiger charge is -2.17. The minimum absolute atomic E-state index is 0.00196. The molecule has 2 heterocycles. The first-order valence-electron chi connectivity index (χ1n) is 8.81. The first-order chi connectivity index (χ1) is 13.5. The van der Waals surface area contributed by atoms with Crippen LogP contribution in [0.5, 0.6) is 0 Å². The summed E-state index contributed by atoms with van der Waals surface area (Å²) in [5, 5.41) is 11.0. The van der Waals surface area contributed by atoms with Gasteiger partial charge in [0, 0.05) is 28.4 Å². The molecule has 0 unspecified atom stereocenters. The highest BCUT2D eigenvalue weighted by Gasteiger charge is 2.19. The van der Waals surface area contributed by atoms with Crippen molar-refractivity contribution < 1.29 is 9.90 Å². The predicted octanol–water partition coefficient (Wildman–Crippen LogP) is 5.93. The van der Waals surface area contributed by atoms with Gasteiger partial charge in [0.15, 0.2) is 0 Å². The molecule has 0 saturated heterocycles. The summed E-state index contributed by atoms with van der Waals surface area (Å²) in [6.45, 7) is 4.04. The van der Waals surface area contributed by atoms with Gasteiger partial charge in [-0.2, -0.15) is 0 Å². The molecule has 4 nitrogen and oxygen atoms in total. The largest absolute Gasteiger partial charge is 0.477 e. The molecule has 0 bridgehead atoms. The number of halogens is 1. The van der Waals surface area contributed by atoms with Crippen LogP contribution in [0.1, 0.15) is 21.6 Å². The van der Waals surface area contributed by atoms with Crippen molar-refractivity contribution in [3.05, 3.63) is 82.8 Å². The molecule has 0 atom stereocenters. The molecule has 1 N–H and O–H groups in total. The molecule has 4 rings (SSSR count). The van der Waals surface area contributed by atoms with Crippen LogP contribution in [0.3, 0.4) is 0 Å². The maximum atomic E-state index is 11.7. The molecule has 2 aromatic heterocycles. The quantitative estimate of drug-likeness (QED) is 0.472. The lowest BCUT2D eigenvalue weighted by Crippen LogP contribution is -2.03. The minimum atomic E-state index is -1.07. The zero-order valence-corrected chi connectivity index (χ0v) is 16.2. The summed E-state index contributed by atoms with van der Waals surface area (Å²) in [5.41, 5.74) is 6.39. The van der Waals surface area contributed by atoms with E-state index >= 15 is 0 Å². The lowest BCUT2D eigenvalue weighted by molar-refractivity contribution is 0.0691. The van der Waals surface area contributed by atoms with Crippen molar-refractivity contribution in [2.75, 3.05) is 0 Å². The fourth-order valence-corrected chi connectivity index (χ4v) is 3.96. The Bertz CT molecular complexity index is 1220. The summed E-state index contributed by atoms with van der Waals surface area (Å²) in [6, 6.07) is 14.9. The maximum absolute atomic E-state index is 11.7. The van der Waals surface area contributed by atoms with Crippen molar-refractivity contribution in [2.45, 2.75) is 13.8 Å². The van der Waals surface area contributed by atoms with Crippen LogP contribution in [0, 0.1) is 13.8 Å². The van der Waals surface area contributed by atoms with Gasteiger partial charge in [-0.1, -0.05) is 29.8 Å². The first kappa shape index (κ1) is 18.1. The number of aromatic nitrogens is 2. The average Bonchev–Trinajstić information content (AvgIpc) is 2.68. The van der Waals surface area contributed by atoms with Crippen LogP contribution in [0.4, 0.5) is 0 Å². The molecule has 0 amide bonds. The topological polar surface area (TPSA) is 63.1 Å². The van der Waals surface area contributed by atoms with Gasteiger partial charge in [-0.15, -0.1) is 0 Å². The number of carboxylic acids is 1. The van der Waals surface area contributed by atoms with Gasteiger partial charge in [-0.25, -0.2) is 9.78 Å². The molecule has 2 aromatic carbocycles. The molecular weight excluding hydrogens is 372 g/mol. The van der Waals surface area contributed by atoms with E-state index in [-0.39, 0.29) is 5.69 Å². The van der Waals surface area contributed by atoms with Gasteiger partial charge in [0.2, 0.25) is 0 Å². The highest BCUT2D eigenvalue weighted by molar-refractivity contribution is 6.33. The van der Waals surface area contributed by atoms with Crippen LogP contribution in [0.25, 0.3) is 33.2 Å². The second kappa shape index (κ2) is 7.06. The number of aromatic carboxylic acids is 1. The number of rotatable bonds is 3. The number of benzene rings is 2. The number of carbonyl (C=O) groups is 1. The smallest absolute Gasteiger partial charge is 0.354 e. The summed E-state index contributed by atoms with van der Waals surface area (Å²) < 4.78 is 0. The van der Waals surface area contributed by atoms with Crippen molar-refractivity contribution >= 4 is 28.5 Å². The van der Waals surface area contributed by atoms with E-state index in [1.54, 1.807) is 24.5 Å². The van der Waals surface area contributed by atoms with E-state index in [1.165, 1.54) is 0 Å². The number of fused-ring (bicyclic) bond motifs is 1. The number of hydrogen-bond acceptors (Lipinski definition) is 3. The Morgan fingerprint density at radius 3 is 2.39 bits per heavy atom. The van der Waals surface area contributed by atoms with Crippen molar-refractivity contribution in [1.29, 1.82) is 0 Å². The first-order valence-corrected chi connectivity index (χ1v) is 9.18. The van der Waals surface area contributed by atoms with Crippen molar-refractivity contribution in [3.63, 3.8) is 0 Å². The van der Waals surface area contributed by atoms with Gasteiger partial charge in [-0.3, -0.25) is 4.98 Å².